The zero-order valence-electron chi connectivity index (χ0n) is 7.02. The van der Waals surface area contributed by atoms with Gasteiger partial charge in [-0.25, -0.2) is 0 Å². The Bertz CT molecular complexity index is 127. The Morgan fingerprint density at radius 2 is 2.20 bits per heavy atom. The molecule has 1 aliphatic rings. The maximum atomic E-state index is 3.01. The van der Waals surface area contributed by atoms with Gasteiger partial charge in [0.1, 0.15) is 0 Å². The molecule has 1 aliphatic heterocycles. The van der Waals surface area contributed by atoms with Gasteiger partial charge >= 0.3 is 0 Å². The van der Waals surface area contributed by atoms with Crippen molar-refractivity contribution in [1.82, 2.24) is 5.23 Å². The van der Waals surface area contributed by atoms with Crippen molar-refractivity contribution in [2.24, 2.45) is 0 Å². The van der Waals surface area contributed by atoms with E-state index in [0.29, 0.717) is 0 Å². The Balaban J connectivity index is 0.000000371. The van der Waals surface area contributed by atoms with Crippen molar-refractivity contribution in [1.29, 1.82) is 0 Å². The Morgan fingerprint density at radius 3 is 2.50 bits per heavy atom. The molecule has 0 aromatic heterocycles. The molecule has 1 radical (unpaired) electrons. The molecule has 0 amide bonds. The number of rotatable bonds is 1. The lowest BCUT2D eigenvalue weighted by molar-refractivity contribution is 1.11. The Labute approximate surface area is 64.5 Å². The van der Waals surface area contributed by atoms with Crippen molar-refractivity contribution >= 4 is 7.41 Å². The normalized spacial score (nSPS) is 13.7. The number of allylic oxidation sites excluding steroid dienone is 2. The van der Waals surface area contributed by atoms with Crippen molar-refractivity contribution in [3.05, 3.63) is 23.8 Å². The lowest BCUT2D eigenvalue weighted by Gasteiger charge is -2.02. The molecule has 0 unspecified atom stereocenters. The molecule has 0 bridgehead atoms. The molecule has 0 aromatic carbocycles. The molecule has 10 heavy (non-hydrogen) atoms. The van der Waals surface area contributed by atoms with E-state index >= 15 is 0 Å². The Hall–Kier alpha value is -0.655. The van der Waals surface area contributed by atoms with Gasteiger partial charge in [0.15, 0.2) is 0 Å². The van der Waals surface area contributed by atoms with E-state index in [0.717, 1.165) is 6.42 Å². The first-order valence-corrected chi connectivity index (χ1v) is 3.88. The summed E-state index contributed by atoms with van der Waals surface area (Å²) in [6, 6.07) is 0. The predicted molar refractivity (Wildman–Crippen MR) is 47.8 cm³/mol. The van der Waals surface area contributed by atoms with Crippen LogP contribution in [0, 0.1) is 0 Å². The van der Waals surface area contributed by atoms with Gasteiger partial charge in [-0.05, 0) is 18.2 Å². The zero-order chi connectivity index (χ0) is 7.82. The van der Waals surface area contributed by atoms with Gasteiger partial charge in [-0.15, -0.1) is 0 Å². The summed E-state index contributed by atoms with van der Waals surface area (Å²) in [6.45, 7) is 6.14. The van der Waals surface area contributed by atoms with Crippen LogP contribution in [0.5, 0.6) is 0 Å². The summed E-state index contributed by atoms with van der Waals surface area (Å²) in [5, 5.41) is 3.01. The van der Waals surface area contributed by atoms with Gasteiger partial charge in [0.25, 0.3) is 7.41 Å². The van der Waals surface area contributed by atoms with Gasteiger partial charge in [-0.2, -0.15) is 0 Å². The molecule has 1 nitrogen and oxygen atoms in total. The van der Waals surface area contributed by atoms with Gasteiger partial charge in [-0.3, -0.25) is 0 Å². The SMILES string of the molecule is CC.CCC1=CN[B]C=C1. The summed E-state index contributed by atoms with van der Waals surface area (Å²) in [5.41, 5.74) is 1.35. The maximum Gasteiger partial charge on any atom is 0.273 e. The summed E-state index contributed by atoms with van der Waals surface area (Å²) in [5.74, 6) is 2.01. The average molecular weight is 136 g/mol. The summed E-state index contributed by atoms with van der Waals surface area (Å²) >= 11 is 0. The lowest BCUT2D eigenvalue weighted by atomic mass is 9.90. The molecular formula is C8H15BN. The number of hydrogen-bond acceptors (Lipinski definition) is 1. The first kappa shape index (κ1) is 9.34. The second-order valence-electron chi connectivity index (χ2n) is 1.77. The maximum absolute atomic E-state index is 3.01. The van der Waals surface area contributed by atoms with Gasteiger partial charge in [0.05, 0.1) is 0 Å². The van der Waals surface area contributed by atoms with E-state index in [2.05, 4.69) is 18.2 Å². The van der Waals surface area contributed by atoms with Crippen LogP contribution >= 0.6 is 0 Å². The second-order valence-corrected chi connectivity index (χ2v) is 1.77. The molecule has 0 saturated carbocycles. The smallest absolute Gasteiger partial charge is 0.273 e. The third-order valence-corrected chi connectivity index (χ3v) is 1.18. The van der Waals surface area contributed by atoms with Crippen LogP contribution in [0.25, 0.3) is 0 Å². The highest BCUT2D eigenvalue weighted by atomic mass is 14.7. The highest BCUT2D eigenvalue weighted by Crippen LogP contribution is 2.01. The van der Waals surface area contributed by atoms with Gasteiger partial charge in [0, 0.05) is 0 Å². The summed E-state index contributed by atoms with van der Waals surface area (Å²) in [4.78, 5) is 0. The third-order valence-electron chi connectivity index (χ3n) is 1.18. The fourth-order valence-corrected chi connectivity index (χ4v) is 0.650. The minimum absolute atomic E-state index is 1.11. The van der Waals surface area contributed by atoms with Gasteiger partial charge < -0.3 is 5.23 Å². The molecule has 0 saturated heterocycles. The quantitative estimate of drug-likeness (QED) is 0.544. The van der Waals surface area contributed by atoms with E-state index in [4.69, 9.17) is 0 Å². The standard InChI is InChI=1S/C6H9BN.C2H6/c1-2-6-3-4-7-8-5-6;1-2/h3-5,8H,2H2,1H3;1-2H3. The fraction of sp³-hybridized carbons (Fsp3) is 0.500. The Morgan fingerprint density at radius 1 is 1.50 bits per heavy atom. The lowest BCUT2D eigenvalue weighted by Crippen LogP contribution is -2.12. The van der Waals surface area contributed by atoms with Crippen LogP contribution in [0.15, 0.2) is 23.8 Å². The zero-order valence-corrected chi connectivity index (χ0v) is 7.02. The van der Waals surface area contributed by atoms with Crippen LogP contribution in [0.1, 0.15) is 27.2 Å². The third kappa shape index (κ3) is 3.39. The van der Waals surface area contributed by atoms with Crippen LogP contribution in [-0.2, 0) is 0 Å². The molecular weight excluding hydrogens is 121 g/mol. The van der Waals surface area contributed by atoms with E-state index in [1.165, 1.54) is 5.57 Å². The summed E-state index contributed by atoms with van der Waals surface area (Å²) in [7, 11) is 1.92. The molecule has 0 aromatic rings. The predicted octanol–water partition coefficient (Wildman–Crippen LogP) is 2.04. The second kappa shape index (κ2) is 6.46. The van der Waals surface area contributed by atoms with Crippen molar-refractivity contribution in [2.75, 3.05) is 0 Å². The molecule has 55 valence electrons. The van der Waals surface area contributed by atoms with Crippen LogP contribution in [0.4, 0.5) is 0 Å². The van der Waals surface area contributed by atoms with E-state index in [1.54, 1.807) is 0 Å². The van der Waals surface area contributed by atoms with Crippen LogP contribution in [0.2, 0.25) is 0 Å². The number of nitrogens with one attached hydrogen (secondary N) is 1. The topological polar surface area (TPSA) is 12.0 Å². The fourth-order valence-electron chi connectivity index (χ4n) is 0.650. The van der Waals surface area contributed by atoms with Gasteiger partial charge in [0.2, 0.25) is 0 Å². The molecule has 0 spiro atoms. The largest absolute Gasteiger partial charge is 0.434 e. The minimum atomic E-state index is 1.11. The van der Waals surface area contributed by atoms with Crippen molar-refractivity contribution < 1.29 is 0 Å². The summed E-state index contributed by atoms with van der Waals surface area (Å²) in [6.07, 6.45) is 5.23. The highest BCUT2D eigenvalue weighted by molar-refractivity contribution is 6.39. The van der Waals surface area contributed by atoms with E-state index in [9.17, 15) is 0 Å². The first-order chi connectivity index (χ1) is 4.93. The molecule has 2 heteroatoms. The van der Waals surface area contributed by atoms with Gasteiger partial charge in [-0.1, -0.05) is 32.8 Å². The number of hydrogen-bond donors (Lipinski definition) is 1. The molecule has 1 rings (SSSR count). The van der Waals surface area contributed by atoms with Crippen molar-refractivity contribution in [3.63, 3.8) is 0 Å². The van der Waals surface area contributed by atoms with E-state index < -0.39 is 0 Å². The summed E-state index contributed by atoms with van der Waals surface area (Å²) < 4.78 is 0. The van der Waals surface area contributed by atoms with E-state index in [-0.39, 0.29) is 0 Å². The molecule has 1 heterocycles. The molecule has 0 aliphatic carbocycles. The van der Waals surface area contributed by atoms with E-state index in [1.807, 2.05) is 33.4 Å². The van der Waals surface area contributed by atoms with Crippen LogP contribution in [0.3, 0.4) is 0 Å². The van der Waals surface area contributed by atoms with Crippen LogP contribution in [-0.4, -0.2) is 7.41 Å². The molecule has 0 atom stereocenters. The van der Waals surface area contributed by atoms with Crippen molar-refractivity contribution in [3.8, 4) is 0 Å². The first-order valence-electron chi connectivity index (χ1n) is 3.88. The average Bonchev–Trinajstić information content (AvgIpc) is 2.10. The molecule has 1 N–H and O–H groups in total. The monoisotopic (exact) mass is 136 g/mol. The van der Waals surface area contributed by atoms with Crippen molar-refractivity contribution in [2.45, 2.75) is 27.2 Å². The van der Waals surface area contributed by atoms with Crippen LogP contribution < -0.4 is 5.23 Å². The highest BCUT2D eigenvalue weighted by Gasteiger charge is 1.91. The Kier molecular flexibility index (Phi) is 6.04. The molecule has 0 fully saturated rings. The minimum Gasteiger partial charge on any atom is -0.434 e.